The summed E-state index contributed by atoms with van der Waals surface area (Å²) in [4.78, 5) is 6.27. The van der Waals surface area contributed by atoms with E-state index in [1.54, 1.807) is 0 Å². The minimum Gasteiger partial charge on any atom is -0.325 e. The van der Waals surface area contributed by atoms with E-state index in [1.807, 2.05) is 7.05 Å². The molecule has 22 heavy (non-hydrogen) atoms. The zero-order chi connectivity index (χ0) is 15.3. The molecule has 1 saturated heterocycles. The van der Waals surface area contributed by atoms with Crippen LogP contribution in [0.5, 0.6) is 0 Å². The standard InChI is InChI=1S/C14H23F3N4.ClH/c1-18-5-2-12-3-7-20(8-4-12)10-13-19-6-9-21(13)11-14(15,16)17;/h6,9,12,18H,2-5,7-8,10-11H2,1H3;1H. The number of likely N-dealkylation sites (tertiary alicyclic amines) is 1. The first-order valence-electron chi connectivity index (χ1n) is 7.41. The molecular weight excluding hydrogens is 317 g/mol. The fourth-order valence-corrected chi connectivity index (χ4v) is 2.81. The van der Waals surface area contributed by atoms with Gasteiger partial charge in [0.15, 0.2) is 0 Å². The van der Waals surface area contributed by atoms with Crippen LogP contribution in [0.1, 0.15) is 25.1 Å². The third-order valence-corrected chi connectivity index (χ3v) is 4.03. The monoisotopic (exact) mass is 340 g/mol. The molecule has 4 nitrogen and oxygen atoms in total. The SMILES string of the molecule is CNCCC1CCN(Cc2nccn2CC(F)(F)F)CC1.Cl. The van der Waals surface area contributed by atoms with E-state index in [1.165, 1.54) is 23.4 Å². The molecule has 1 aromatic rings. The Balaban J connectivity index is 0.00000242. The summed E-state index contributed by atoms with van der Waals surface area (Å²) in [5.74, 6) is 1.23. The van der Waals surface area contributed by atoms with E-state index in [0.717, 1.165) is 38.4 Å². The van der Waals surface area contributed by atoms with Crippen molar-refractivity contribution in [3.8, 4) is 0 Å². The van der Waals surface area contributed by atoms with E-state index in [-0.39, 0.29) is 12.4 Å². The van der Waals surface area contributed by atoms with Crippen LogP contribution in [-0.4, -0.2) is 47.3 Å². The highest BCUT2D eigenvalue weighted by molar-refractivity contribution is 5.85. The predicted octanol–water partition coefficient (Wildman–Crippen LogP) is 2.69. The third-order valence-electron chi connectivity index (χ3n) is 4.03. The molecule has 2 heterocycles. The average Bonchev–Trinajstić information content (AvgIpc) is 2.83. The predicted molar refractivity (Wildman–Crippen MR) is 82.1 cm³/mol. The van der Waals surface area contributed by atoms with Crippen molar-refractivity contribution in [3.63, 3.8) is 0 Å². The van der Waals surface area contributed by atoms with Gasteiger partial charge in [-0.05, 0) is 51.9 Å². The fourth-order valence-electron chi connectivity index (χ4n) is 2.81. The summed E-state index contributed by atoms with van der Waals surface area (Å²) in [6.07, 6.45) is 2.05. The molecule has 1 aliphatic rings. The number of halogens is 4. The lowest BCUT2D eigenvalue weighted by Crippen LogP contribution is -2.35. The van der Waals surface area contributed by atoms with Gasteiger partial charge in [0, 0.05) is 12.4 Å². The normalized spacial score (nSPS) is 17.5. The lowest BCUT2D eigenvalue weighted by molar-refractivity contribution is -0.141. The molecule has 2 rings (SSSR count). The summed E-state index contributed by atoms with van der Waals surface area (Å²) < 4.78 is 38.6. The van der Waals surface area contributed by atoms with Crippen molar-refractivity contribution in [1.82, 2.24) is 19.8 Å². The Labute approximate surface area is 135 Å². The van der Waals surface area contributed by atoms with E-state index in [0.29, 0.717) is 12.4 Å². The Morgan fingerprint density at radius 2 is 2.00 bits per heavy atom. The van der Waals surface area contributed by atoms with Crippen LogP contribution < -0.4 is 5.32 Å². The van der Waals surface area contributed by atoms with Crippen LogP contribution in [0, 0.1) is 5.92 Å². The minimum atomic E-state index is -4.20. The first-order chi connectivity index (χ1) is 9.98. The number of aromatic nitrogens is 2. The largest absolute Gasteiger partial charge is 0.406 e. The van der Waals surface area contributed by atoms with Crippen molar-refractivity contribution in [2.45, 2.75) is 38.5 Å². The highest BCUT2D eigenvalue weighted by Crippen LogP contribution is 2.22. The summed E-state index contributed by atoms with van der Waals surface area (Å²) >= 11 is 0. The lowest BCUT2D eigenvalue weighted by Gasteiger charge is -2.31. The summed E-state index contributed by atoms with van der Waals surface area (Å²) in [5.41, 5.74) is 0. The van der Waals surface area contributed by atoms with Crippen LogP contribution >= 0.6 is 12.4 Å². The molecule has 0 amide bonds. The molecule has 1 fully saturated rings. The van der Waals surface area contributed by atoms with E-state index >= 15 is 0 Å². The number of imidazole rings is 1. The maximum atomic E-state index is 12.5. The molecule has 0 bridgehead atoms. The molecule has 0 saturated carbocycles. The Bertz CT molecular complexity index is 428. The van der Waals surface area contributed by atoms with Gasteiger partial charge in [0.05, 0.1) is 6.54 Å². The van der Waals surface area contributed by atoms with Crippen molar-refractivity contribution < 1.29 is 13.2 Å². The van der Waals surface area contributed by atoms with E-state index in [2.05, 4.69) is 15.2 Å². The Kier molecular flexibility index (Phi) is 7.65. The van der Waals surface area contributed by atoms with E-state index in [4.69, 9.17) is 0 Å². The second-order valence-corrected chi connectivity index (χ2v) is 5.70. The van der Waals surface area contributed by atoms with Gasteiger partial charge in [-0.2, -0.15) is 13.2 Å². The number of hydrogen-bond acceptors (Lipinski definition) is 3. The summed E-state index contributed by atoms with van der Waals surface area (Å²) in [5, 5.41) is 3.16. The van der Waals surface area contributed by atoms with Crippen LogP contribution in [0.3, 0.4) is 0 Å². The van der Waals surface area contributed by atoms with Crippen LogP contribution in [0.25, 0.3) is 0 Å². The lowest BCUT2D eigenvalue weighted by atomic mass is 9.93. The second-order valence-electron chi connectivity index (χ2n) is 5.70. The highest BCUT2D eigenvalue weighted by atomic mass is 35.5. The molecule has 1 aromatic heterocycles. The van der Waals surface area contributed by atoms with Gasteiger partial charge in [-0.25, -0.2) is 4.98 Å². The Morgan fingerprint density at radius 1 is 1.32 bits per heavy atom. The summed E-state index contributed by atoms with van der Waals surface area (Å²) in [6, 6.07) is 0. The zero-order valence-electron chi connectivity index (χ0n) is 12.8. The van der Waals surface area contributed by atoms with Crippen molar-refractivity contribution in [2.24, 2.45) is 5.92 Å². The molecule has 1 aliphatic heterocycles. The van der Waals surface area contributed by atoms with Gasteiger partial charge in [0.25, 0.3) is 0 Å². The Morgan fingerprint density at radius 3 is 2.59 bits per heavy atom. The molecule has 128 valence electrons. The van der Waals surface area contributed by atoms with Crippen molar-refractivity contribution in [3.05, 3.63) is 18.2 Å². The van der Waals surface area contributed by atoms with Crippen molar-refractivity contribution in [2.75, 3.05) is 26.7 Å². The molecule has 0 aromatic carbocycles. The van der Waals surface area contributed by atoms with Crippen LogP contribution in [-0.2, 0) is 13.1 Å². The average molecular weight is 341 g/mol. The van der Waals surface area contributed by atoms with Gasteiger partial charge >= 0.3 is 6.18 Å². The number of rotatable bonds is 6. The summed E-state index contributed by atoms with van der Waals surface area (Å²) in [6.45, 7) is 2.45. The van der Waals surface area contributed by atoms with Gasteiger partial charge in [-0.3, -0.25) is 4.90 Å². The van der Waals surface area contributed by atoms with E-state index < -0.39 is 12.7 Å². The molecular formula is C14H24ClF3N4. The van der Waals surface area contributed by atoms with Crippen LogP contribution in [0.15, 0.2) is 12.4 Å². The number of alkyl halides is 3. The van der Waals surface area contributed by atoms with Gasteiger partial charge in [-0.15, -0.1) is 12.4 Å². The maximum Gasteiger partial charge on any atom is 0.406 e. The van der Waals surface area contributed by atoms with Crippen molar-refractivity contribution >= 4 is 12.4 Å². The maximum absolute atomic E-state index is 12.5. The van der Waals surface area contributed by atoms with Gasteiger partial charge in [0.1, 0.15) is 12.4 Å². The van der Waals surface area contributed by atoms with Crippen LogP contribution in [0.4, 0.5) is 13.2 Å². The Hall–Kier alpha value is -0.790. The number of hydrogen-bond donors (Lipinski definition) is 1. The highest BCUT2D eigenvalue weighted by Gasteiger charge is 2.29. The second kappa shape index (κ2) is 8.74. The molecule has 0 radical (unpaired) electrons. The molecule has 1 N–H and O–H groups in total. The van der Waals surface area contributed by atoms with Gasteiger partial charge < -0.3 is 9.88 Å². The molecule has 0 aliphatic carbocycles. The minimum absolute atomic E-state index is 0. The number of nitrogens with zero attached hydrogens (tertiary/aromatic N) is 3. The number of piperidine rings is 1. The quantitative estimate of drug-likeness (QED) is 0.864. The molecule has 8 heteroatoms. The first kappa shape index (κ1) is 19.3. The molecule has 0 atom stereocenters. The topological polar surface area (TPSA) is 33.1 Å². The third kappa shape index (κ3) is 6.14. The summed E-state index contributed by atoms with van der Waals surface area (Å²) in [7, 11) is 1.95. The number of nitrogens with one attached hydrogen (secondary N) is 1. The van der Waals surface area contributed by atoms with Gasteiger partial charge in [0.2, 0.25) is 0 Å². The molecule has 0 unspecified atom stereocenters. The van der Waals surface area contributed by atoms with Crippen LogP contribution in [0.2, 0.25) is 0 Å². The first-order valence-corrected chi connectivity index (χ1v) is 7.41. The smallest absolute Gasteiger partial charge is 0.325 e. The molecule has 0 spiro atoms. The van der Waals surface area contributed by atoms with E-state index in [9.17, 15) is 13.2 Å². The van der Waals surface area contributed by atoms with Gasteiger partial charge in [-0.1, -0.05) is 0 Å². The zero-order valence-corrected chi connectivity index (χ0v) is 13.6. The fraction of sp³-hybridized carbons (Fsp3) is 0.786. The van der Waals surface area contributed by atoms with Crippen molar-refractivity contribution in [1.29, 1.82) is 0 Å².